The molecule has 0 aromatic heterocycles. The second-order valence-electron chi connectivity index (χ2n) is 10.5. The normalized spacial score (nSPS) is 11.1. The Labute approximate surface area is 222 Å². The average molecular weight is 515 g/mol. The van der Waals surface area contributed by atoms with E-state index in [9.17, 15) is 0 Å². The van der Waals surface area contributed by atoms with Gasteiger partial charge in [-0.2, -0.15) is 0 Å². The third kappa shape index (κ3) is 19.1. The lowest BCUT2D eigenvalue weighted by molar-refractivity contribution is 0.615. The van der Waals surface area contributed by atoms with Gasteiger partial charge in [0, 0.05) is 7.26 Å². The second-order valence-corrected chi connectivity index (χ2v) is 14.8. The van der Waals surface area contributed by atoms with Gasteiger partial charge in [-0.1, -0.05) is 128 Å². The van der Waals surface area contributed by atoms with E-state index in [-0.39, 0.29) is 18.6 Å². The predicted octanol–water partition coefficient (Wildman–Crippen LogP) is 11.9. The fourth-order valence-corrected chi connectivity index (χ4v) is 10.0. The number of halogens is 1. The minimum atomic E-state index is -0.885. The van der Waals surface area contributed by atoms with Gasteiger partial charge in [-0.3, -0.25) is 0 Å². The maximum absolute atomic E-state index is 2.42. The lowest BCUT2D eigenvalue weighted by Gasteiger charge is -2.28. The maximum Gasteiger partial charge on any atom is 0.0842 e. The van der Waals surface area contributed by atoms with Crippen molar-refractivity contribution in [1.82, 2.24) is 6.15 Å². The molecule has 1 rings (SSSR count). The fourth-order valence-electron chi connectivity index (χ4n) is 5.23. The summed E-state index contributed by atoms with van der Waals surface area (Å²) in [4.78, 5) is 0. The summed E-state index contributed by atoms with van der Waals surface area (Å²) in [5.41, 5.74) is 1.63. The van der Waals surface area contributed by atoms with Crippen LogP contribution in [0, 0.1) is 0 Å². The van der Waals surface area contributed by atoms with E-state index in [0.717, 1.165) is 0 Å². The summed E-state index contributed by atoms with van der Waals surface area (Å²) in [5.74, 6) is 0. The van der Waals surface area contributed by atoms with Crippen molar-refractivity contribution in [2.24, 2.45) is 0 Å². The van der Waals surface area contributed by atoms with E-state index in [0.29, 0.717) is 0 Å². The van der Waals surface area contributed by atoms with Crippen molar-refractivity contribution < 1.29 is 0 Å². The Bertz CT molecular complexity index is 467. The molecule has 0 aliphatic rings. The van der Waals surface area contributed by atoms with Gasteiger partial charge in [0.15, 0.2) is 0 Å². The summed E-state index contributed by atoms with van der Waals surface area (Å²) in [6, 6.07) is 11.6. The first-order valence-corrected chi connectivity index (χ1v) is 17.2. The van der Waals surface area contributed by atoms with Crippen LogP contribution in [0.25, 0.3) is 0 Å². The molecule has 0 bridgehead atoms. The molecule has 0 amide bonds. The van der Waals surface area contributed by atoms with Crippen molar-refractivity contribution in [2.45, 2.75) is 143 Å². The molecule has 3 N–H and O–H groups in total. The van der Waals surface area contributed by atoms with Crippen molar-refractivity contribution in [2.75, 3.05) is 18.5 Å². The first-order chi connectivity index (χ1) is 15.8. The molecule has 3 heteroatoms. The highest BCUT2D eigenvalue weighted by molar-refractivity contribution is 7.75. The summed E-state index contributed by atoms with van der Waals surface area (Å²) in [6.45, 7) is 6.99. The number of rotatable bonds is 23. The zero-order valence-corrected chi connectivity index (χ0v) is 25.2. The van der Waals surface area contributed by atoms with Gasteiger partial charge in [0.05, 0.1) is 24.6 Å². The molecule has 1 aromatic carbocycles. The summed E-state index contributed by atoms with van der Waals surface area (Å²) < 4.78 is 0. The molecule has 0 saturated heterocycles. The zero-order chi connectivity index (χ0) is 23.2. The van der Waals surface area contributed by atoms with Crippen molar-refractivity contribution in [3.05, 3.63) is 35.9 Å². The smallest absolute Gasteiger partial charge is 0.0842 e. The molecule has 1 aromatic rings. The first kappa shape index (κ1) is 36.1. The average Bonchev–Trinajstić information content (AvgIpc) is 2.81. The molecule has 0 saturated carbocycles. The van der Waals surface area contributed by atoms with Crippen LogP contribution < -0.4 is 6.15 Å². The molecule has 0 spiro atoms. The third-order valence-corrected chi connectivity index (χ3v) is 12.1. The summed E-state index contributed by atoms with van der Waals surface area (Å²) in [6.07, 6.45) is 32.2. The maximum atomic E-state index is 2.42. The molecule has 0 aliphatic carbocycles. The first-order valence-electron chi connectivity index (χ1n) is 14.7. The van der Waals surface area contributed by atoms with Crippen molar-refractivity contribution in [1.29, 1.82) is 0 Å². The molecule has 202 valence electrons. The highest BCUT2D eigenvalue weighted by Gasteiger charge is 2.35. The third-order valence-electron chi connectivity index (χ3n) is 7.32. The Balaban J connectivity index is 0. The molecule has 0 fully saturated rings. The Morgan fingerprint density at radius 2 is 0.794 bits per heavy atom. The van der Waals surface area contributed by atoms with Crippen LogP contribution in [0.3, 0.4) is 0 Å². The van der Waals surface area contributed by atoms with Gasteiger partial charge >= 0.3 is 0 Å². The standard InChI is InChI=1S/C31H58P.ClH.H3N/c1-4-7-10-13-16-22-27-32(28-23-17-14-11-8-5-2,29-24-18-15-12-9-6-3)30-31-25-20-19-21-26-31;;/h19-21,25-26H,4-18,22-24,27-30H2,1-3H3;1H;1H3/q+1;;. The van der Waals surface area contributed by atoms with E-state index < -0.39 is 7.26 Å². The van der Waals surface area contributed by atoms with Gasteiger partial charge in [-0.15, -0.1) is 12.4 Å². The van der Waals surface area contributed by atoms with E-state index in [2.05, 4.69) is 51.1 Å². The predicted molar refractivity (Wildman–Crippen MR) is 164 cm³/mol. The molecule has 0 aliphatic heterocycles. The quantitative estimate of drug-likeness (QED) is 0.114. The van der Waals surface area contributed by atoms with Crippen LogP contribution in [0.15, 0.2) is 30.3 Å². The molecular formula is C31H62ClNP+. The lowest BCUT2D eigenvalue weighted by Crippen LogP contribution is -2.12. The molecular weight excluding hydrogens is 453 g/mol. The summed E-state index contributed by atoms with van der Waals surface area (Å²) >= 11 is 0. The Hall–Kier alpha value is -0.100. The van der Waals surface area contributed by atoms with Gasteiger partial charge in [0.2, 0.25) is 0 Å². The highest BCUT2D eigenvalue weighted by atomic mass is 35.5. The molecule has 0 radical (unpaired) electrons. The van der Waals surface area contributed by atoms with E-state index in [1.807, 2.05) is 0 Å². The van der Waals surface area contributed by atoms with Gasteiger partial charge in [-0.05, 0) is 44.1 Å². The Morgan fingerprint density at radius 3 is 1.15 bits per heavy atom. The van der Waals surface area contributed by atoms with Crippen LogP contribution in [0.2, 0.25) is 0 Å². The molecule has 34 heavy (non-hydrogen) atoms. The minimum absolute atomic E-state index is 0. The van der Waals surface area contributed by atoms with Gasteiger partial charge in [0.25, 0.3) is 0 Å². The summed E-state index contributed by atoms with van der Waals surface area (Å²) in [5, 5.41) is 0. The number of benzene rings is 1. The minimum Gasteiger partial charge on any atom is -0.344 e. The van der Waals surface area contributed by atoms with Crippen LogP contribution in [0.4, 0.5) is 0 Å². The van der Waals surface area contributed by atoms with Gasteiger partial charge in [-0.25, -0.2) is 0 Å². The van der Waals surface area contributed by atoms with Crippen molar-refractivity contribution >= 4 is 19.7 Å². The van der Waals surface area contributed by atoms with Gasteiger partial charge < -0.3 is 6.15 Å². The molecule has 0 unspecified atom stereocenters. The highest BCUT2D eigenvalue weighted by Crippen LogP contribution is 2.63. The number of hydrogen-bond donors (Lipinski definition) is 1. The largest absolute Gasteiger partial charge is 0.344 e. The van der Waals surface area contributed by atoms with Crippen molar-refractivity contribution in [3.63, 3.8) is 0 Å². The van der Waals surface area contributed by atoms with Crippen LogP contribution >= 0.6 is 19.7 Å². The van der Waals surface area contributed by atoms with E-state index in [1.165, 1.54) is 122 Å². The van der Waals surface area contributed by atoms with Crippen LogP contribution in [-0.4, -0.2) is 18.5 Å². The van der Waals surface area contributed by atoms with E-state index in [4.69, 9.17) is 0 Å². The van der Waals surface area contributed by atoms with Crippen molar-refractivity contribution in [3.8, 4) is 0 Å². The topological polar surface area (TPSA) is 35.0 Å². The monoisotopic (exact) mass is 514 g/mol. The van der Waals surface area contributed by atoms with Crippen LogP contribution in [0.1, 0.15) is 142 Å². The molecule has 0 atom stereocenters. The van der Waals surface area contributed by atoms with E-state index in [1.54, 1.807) is 24.0 Å². The number of hydrogen-bond acceptors (Lipinski definition) is 1. The summed E-state index contributed by atoms with van der Waals surface area (Å²) in [7, 11) is -0.885. The van der Waals surface area contributed by atoms with Gasteiger partial charge in [0.1, 0.15) is 0 Å². The Morgan fingerprint density at radius 1 is 0.471 bits per heavy atom. The zero-order valence-electron chi connectivity index (χ0n) is 23.5. The lowest BCUT2D eigenvalue weighted by atomic mass is 10.1. The van der Waals surface area contributed by atoms with Crippen LogP contribution in [-0.2, 0) is 6.16 Å². The second kappa shape index (κ2) is 26.0. The Kier molecular flexibility index (Phi) is 27.5. The fraction of sp³-hybridized carbons (Fsp3) is 0.806. The molecule has 0 heterocycles. The SMILES string of the molecule is CCCCCCCC[P+](CCCCCCCC)(CCCCCCCC)Cc1ccccc1.Cl.N. The molecule has 1 nitrogen and oxygen atoms in total. The number of unbranched alkanes of at least 4 members (excludes halogenated alkanes) is 15. The van der Waals surface area contributed by atoms with Crippen LogP contribution in [0.5, 0.6) is 0 Å². The van der Waals surface area contributed by atoms with E-state index >= 15 is 0 Å².